The predicted octanol–water partition coefficient (Wildman–Crippen LogP) is 4.25. The number of ether oxygens (including phenoxy) is 2. The molecule has 0 spiro atoms. The molecule has 2 aromatic rings. The summed E-state index contributed by atoms with van der Waals surface area (Å²) in [5.41, 5.74) is 4.66. The molecule has 0 aliphatic heterocycles. The minimum Gasteiger partial charge on any atom is -0.497 e. The van der Waals surface area contributed by atoms with Gasteiger partial charge in [0.05, 0.1) is 20.1 Å². The molecular weight excluding hydrogens is 378 g/mol. The standard InChI is InChI=1S/C25H29NO4/c1-15-12-16(2)22(17(3)13-15)24(27)26-20-9-6-19(14-20)23(25(28)30-5)18-7-10-21(29-4)11-8-18/h6-13,19-20,23H,14H2,1-5H3,(H,26,27). The molecule has 0 bridgehead atoms. The first-order valence-corrected chi connectivity index (χ1v) is 10.1. The zero-order valence-electron chi connectivity index (χ0n) is 18.2. The fourth-order valence-electron chi connectivity index (χ4n) is 4.36. The molecular formula is C25H29NO4. The maximum absolute atomic E-state index is 12.9. The van der Waals surface area contributed by atoms with Crippen LogP contribution in [0.3, 0.4) is 0 Å². The quantitative estimate of drug-likeness (QED) is 0.574. The fourth-order valence-corrected chi connectivity index (χ4v) is 4.36. The average Bonchev–Trinajstić information content (AvgIpc) is 3.15. The summed E-state index contributed by atoms with van der Waals surface area (Å²) in [7, 11) is 3.01. The van der Waals surface area contributed by atoms with Crippen molar-refractivity contribution in [2.24, 2.45) is 5.92 Å². The van der Waals surface area contributed by atoms with Crippen LogP contribution in [0.25, 0.3) is 0 Å². The van der Waals surface area contributed by atoms with Gasteiger partial charge in [-0.05, 0) is 61.9 Å². The number of rotatable bonds is 6. The minimum atomic E-state index is -0.429. The van der Waals surface area contributed by atoms with Crippen LogP contribution in [0.5, 0.6) is 5.75 Å². The van der Waals surface area contributed by atoms with E-state index < -0.39 is 5.92 Å². The molecule has 0 heterocycles. The number of carbonyl (C=O) groups is 2. The van der Waals surface area contributed by atoms with E-state index >= 15 is 0 Å². The number of hydrogen-bond acceptors (Lipinski definition) is 4. The number of carbonyl (C=O) groups excluding carboxylic acids is 2. The van der Waals surface area contributed by atoms with Crippen LogP contribution in [0.1, 0.15) is 45.0 Å². The highest BCUT2D eigenvalue weighted by atomic mass is 16.5. The van der Waals surface area contributed by atoms with Gasteiger partial charge >= 0.3 is 5.97 Å². The Balaban J connectivity index is 1.74. The first kappa shape index (κ1) is 21.6. The molecule has 1 aliphatic rings. The Bertz CT molecular complexity index is 939. The third-order valence-corrected chi connectivity index (χ3v) is 5.70. The van der Waals surface area contributed by atoms with Gasteiger partial charge in [0.1, 0.15) is 5.75 Å². The predicted molar refractivity (Wildman–Crippen MR) is 117 cm³/mol. The lowest BCUT2D eigenvalue weighted by molar-refractivity contribution is -0.143. The van der Waals surface area contributed by atoms with Gasteiger partial charge in [-0.3, -0.25) is 9.59 Å². The molecule has 2 aromatic carbocycles. The molecule has 0 fully saturated rings. The van der Waals surface area contributed by atoms with Gasteiger partial charge in [0.25, 0.3) is 5.91 Å². The molecule has 0 radical (unpaired) electrons. The number of esters is 1. The van der Waals surface area contributed by atoms with Crippen molar-refractivity contribution < 1.29 is 19.1 Å². The van der Waals surface area contributed by atoms with Crippen molar-refractivity contribution >= 4 is 11.9 Å². The fraction of sp³-hybridized carbons (Fsp3) is 0.360. The van der Waals surface area contributed by atoms with Crippen molar-refractivity contribution in [2.75, 3.05) is 14.2 Å². The van der Waals surface area contributed by atoms with Crippen molar-refractivity contribution in [2.45, 2.75) is 39.2 Å². The van der Waals surface area contributed by atoms with E-state index in [9.17, 15) is 9.59 Å². The smallest absolute Gasteiger partial charge is 0.313 e. The Labute approximate surface area is 178 Å². The van der Waals surface area contributed by atoms with Crippen molar-refractivity contribution in [3.05, 3.63) is 76.4 Å². The normalized spacial score (nSPS) is 18.7. The second-order valence-electron chi connectivity index (χ2n) is 7.91. The van der Waals surface area contributed by atoms with Crippen LogP contribution in [0, 0.1) is 26.7 Å². The van der Waals surface area contributed by atoms with E-state index in [0.29, 0.717) is 6.42 Å². The largest absolute Gasteiger partial charge is 0.497 e. The molecule has 30 heavy (non-hydrogen) atoms. The van der Waals surface area contributed by atoms with Gasteiger partial charge in [-0.25, -0.2) is 0 Å². The van der Waals surface area contributed by atoms with Crippen LogP contribution < -0.4 is 10.1 Å². The third kappa shape index (κ3) is 4.56. The van der Waals surface area contributed by atoms with E-state index in [1.165, 1.54) is 7.11 Å². The molecule has 1 amide bonds. The summed E-state index contributed by atoms with van der Waals surface area (Å²) in [4.78, 5) is 25.5. The van der Waals surface area contributed by atoms with Gasteiger partial charge in [0.15, 0.2) is 0 Å². The van der Waals surface area contributed by atoms with Gasteiger partial charge < -0.3 is 14.8 Å². The van der Waals surface area contributed by atoms with Crippen LogP contribution in [-0.4, -0.2) is 32.1 Å². The summed E-state index contributed by atoms with van der Waals surface area (Å²) in [6, 6.07) is 11.4. The summed E-state index contributed by atoms with van der Waals surface area (Å²) in [6.07, 6.45) is 4.62. The minimum absolute atomic E-state index is 0.0589. The van der Waals surface area contributed by atoms with Crippen LogP contribution in [-0.2, 0) is 9.53 Å². The number of methoxy groups -OCH3 is 2. The zero-order chi connectivity index (χ0) is 21.8. The first-order valence-electron chi connectivity index (χ1n) is 10.1. The van der Waals surface area contributed by atoms with Crippen molar-refractivity contribution in [1.82, 2.24) is 5.32 Å². The number of benzene rings is 2. The lowest BCUT2D eigenvalue weighted by atomic mass is 9.85. The number of allylic oxidation sites excluding steroid dienone is 1. The summed E-state index contributed by atoms with van der Waals surface area (Å²) in [5.74, 6) is -0.122. The number of nitrogens with one attached hydrogen (secondary N) is 1. The maximum atomic E-state index is 12.9. The summed E-state index contributed by atoms with van der Waals surface area (Å²) < 4.78 is 10.3. The Kier molecular flexibility index (Phi) is 6.60. The number of aryl methyl sites for hydroxylation is 3. The monoisotopic (exact) mass is 407 g/mol. The third-order valence-electron chi connectivity index (χ3n) is 5.70. The van der Waals surface area contributed by atoms with Gasteiger partial charge in [-0.2, -0.15) is 0 Å². The molecule has 158 valence electrons. The Morgan fingerprint density at radius 1 is 1.00 bits per heavy atom. The SMILES string of the molecule is COC(=O)C(c1ccc(OC)cc1)C1C=CC(NC(=O)c2c(C)cc(C)cc2C)C1. The number of amides is 1. The van der Waals surface area contributed by atoms with E-state index in [2.05, 4.69) is 5.32 Å². The van der Waals surface area contributed by atoms with Crippen molar-refractivity contribution in [3.8, 4) is 5.75 Å². The molecule has 1 aliphatic carbocycles. The van der Waals surface area contributed by atoms with Gasteiger partial charge in [-0.1, -0.05) is 42.0 Å². The second kappa shape index (κ2) is 9.16. The zero-order valence-corrected chi connectivity index (χ0v) is 18.2. The molecule has 0 saturated carbocycles. The maximum Gasteiger partial charge on any atom is 0.313 e. The Hall–Kier alpha value is -3.08. The molecule has 0 aromatic heterocycles. The van der Waals surface area contributed by atoms with Gasteiger partial charge in [-0.15, -0.1) is 0 Å². The molecule has 3 unspecified atom stereocenters. The molecule has 0 saturated heterocycles. The van der Waals surface area contributed by atoms with Crippen LogP contribution in [0.15, 0.2) is 48.6 Å². The number of hydrogen-bond donors (Lipinski definition) is 1. The van der Waals surface area contributed by atoms with E-state index in [-0.39, 0.29) is 23.8 Å². The van der Waals surface area contributed by atoms with Crippen molar-refractivity contribution in [1.29, 1.82) is 0 Å². The van der Waals surface area contributed by atoms with E-state index in [4.69, 9.17) is 9.47 Å². The topological polar surface area (TPSA) is 64.6 Å². The molecule has 5 heteroatoms. The Morgan fingerprint density at radius 3 is 2.20 bits per heavy atom. The Morgan fingerprint density at radius 2 is 1.63 bits per heavy atom. The molecule has 5 nitrogen and oxygen atoms in total. The highest BCUT2D eigenvalue weighted by Gasteiger charge is 2.34. The van der Waals surface area contributed by atoms with Gasteiger partial charge in [0.2, 0.25) is 0 Å². The van der Waals surface area contributed by atoms with E-state index in [1.807, 2.05) is 69.3 Å². The van der Waals surface area contributed by atoms with Crippen LogP contribution in [0.2, 0.25) is 0 Å². The first-order chi connectivity index (χ1) is 14.3. The molecule has 3 atom stereocenters. The summed E-state index contributed by atoms with van der Waals surface area (Å²) >= 11 is 0. The van der Waals surface area contributed by atoms with E-state index in [0.717, 1.165) is 33.6 Å². The lowest BCUT2D eigenvalue weighted by Crippen LogP contribution is -2.34. The average molecular weight is 408 g/mol. The highest BCUT2D eigenvalue weighted by molar-refractivity contribution is 5.97. The summed E-state index contributed by atoms with van der Waals surface area (Å²) in [6.45, 7) is 5.94. The van der Waals surface area contributed by atoms with Crippen molar-refractivity contribution in [3.63, 3.8) is 0 Å². The molecule has 1 N–H and O–H groups in total. The second-order valence-corrected chi connectivity index (χ2v) is 7.91. The van der Waals surface area contributed by atoms with Crippen LogP contribution in [0.4, 0.5) is 0 Å². The van der Waals surface area contributed by atoms with Crippen LogP contribution >= 0.6 is 0 Å². The summed E-state index contributed by atoms with van der Waals surface area (Å²) in [5, 5.41) is 3.11. The lowest BCUT2D eigenvalue weighted by Gasteiger charge is -2.22. The molecule has 3 rings (SSSR count). The van der Waals surface area contributed by atoms with Gasteiger partial charge in [0, 0.05) is 11.6 Å². The highest BCUT2D eigenvalue weighted by Crippen LogP contribution is 2.35. The van der Waals surface area contributed by atoms with E-state index in [1.54, 1.807) is 7.11 Å².